The molecular weight excluding hydrogens is 190 g/mol. The molecule has 0 spiro atoms. The van der Waals surface area contributed by atoms with Crippen molar-refractivity contribution in [1.29, 1.82) is 0 Å². The second-order valence-electron chi connectivity index (χ2n) is 2.47. The van der Waals surface area contributed by atoms with Crippen molar-refractivity contribution in [2.75, 3.05) is 0 Å². The third-order valence-electron chi connectivity index (χ3n) is 1.56. The van der Waals surface area contributed by atoms with Crippen LogP contribution in [0.2, 0.25) is 0 Å². The summed E-state index contributed by atoms with van der Waals surface area (Å²) in [6, 6.07) is 1.48. The highest BCUT2D eigenvalue weighted by Gasteiger charge is 2.16. The first-order chi connectivity index (χ1) is 6.68. The maximum Gasteiger partial charge on any atom is 0.360 e. The summed E-state index contributed by atoms with van der Waals surface area (Å²) in [6.07, 6.45) is 2.45. The van der Waals surface area contributed by atoms with Crippen LogP contribution >= 0.6 is 0 Å². The monoisotopic (exact) mass is 195 g/mol. The Morgan fingerprint density at radius 3 is 2.86 bits per heavy atom. The highest BCUT2D eigenvalue weighted by molar-refractivity contribution is 5.88. The standard InChI is InChI=1S/C7H5N3O4/c11-4-3-10(5-1-2-14-9-5)8-6(4)7(12)13/h1-3,11H,(H,12,13). The number of aromatic hydroxyl groups is 1. The first-order valence-corrected chi connectivity index (χ1v) is 3.61. The van der Waals surface area contributed by atoms with E-state index in [0.717, 1.165) is 10.9 Å². The van der Waals surface area contributed by atoms with Gasteiger partial charge in [-0.05, 0) is 0 Å². The maximum atomic E-state index is 10.5. The minimum atomic E-state index is -1.30. The number of aromatic carboxylic acids is 1. The van der Waals surface area contributed by atoms with Crippen LogP contribution in [-0.2, 0) is 0 Å². The Hall–Kier alpha value is -2.31. The van der Waals surface area contributed by atoms with E-state index in [1.54, 1.807) is 0 Å². The number of hydrogen-bond acceptors (Lipinski definition) is 5. The molecule has 0 unspecified atom stereocenters. The molecule has 0 saturated heterocycles. The number of hydrogen-bond donors (Lipinski definition) is 2. The molecule has 0 saturated carbocycles. The Kier molecular flexibility index (Phi) is 1.70. The lowest BCUT2D eigenvalue weighted by Crippen LogP contribution is -2.01. The third-order valence-corrected chi connectivity index (χ3v) is 1.56. The molecule has 0 amide bonds. The highest BCUT2D eigenvalue weighted by atomic mass is 16.5. The van der Waals surface area contributed by atoms with Crippen LogP contribution < -0.4 is 0 Å². The van der Waals surface area contributed by atoms with Gasteiger partial charge in [-0.3, -0.25) is 0 Å². The molecule has 2 heterocycles. The van der Waals surface area contributed by atoms with Gasteiger partial charge in [0, 0.05) is 6.07 Å². The lowest BCUT2D eigenvalue weighted by Gasteiger charge is -1.89. The van der Waals surface area contributed by atoms with Gasteiger partial charge in [0.05, 0.1) is 6.20 Å². The van der Waals surface area contributed by atoms with E-state index in [-0.39, 0.29) is 0 Å². The maximum absolute atomic E-state index is 10.5. The van der Waals surface area contributed by atoms with Crippen LogP contribution in [0.25, 0.3) is 5.82 Å². The van der Waals surface area contributed by atoms with Gasteiger partial charge in [0.1, 0.15) is 6.26 Å². The molecule has 14 heavy (non-hydrogen) atoms. The summed E-state index contributed by atoms with van der Waals surface area (Å²) in [6.45, 7) is 0. The van der Waals surface area contributed by atoms with Gasteiger partial charge in [-0.1, -0.05) is 5.16 Å². The summed E-state index contributed by atoms with van der Waals surface area (Å²) < 4.78 is 5.65. The van der Waals surface area contributed by atoms with Crippen molar-refractivity contribution < 1.29 is 19.5 Å². The number of carboxylic acids is 1. The number of aromatic nitrogens is 3. The second-order valence-corrected chi connectivity index (χ2v) is 2.47. The Balaban J connectivity index is 2.48. The van der Waals surface area contributed by atoms with Crippen molar-refractivity contribution in [3.05, 3.63) is 24.2 Å². The zero-order valence-electron chi connectivity index (χ0n) is 6.78. The average molecular weight is 195 g/mol. The smallest absolute Gasteiger partial charge is 0.360 e. The molecule has 2 aromatic heterocycles. The van der Waals surface area contributed by atoms with Gasteiger partial charge in [0.15, 0.2) is 11.6 Å². The van der Waals surface area contributed by atoms with Gasteiger partial charge in [0.25, 0.3) is 0 Å². The molecule has 0 aliphatic carbocycles. The van der Waals surface area contributed by atoms with Crippen LogP contribution in [0, 0.1) is 0 Å². The lowest BCUT2D eigenvalue weighted by atomic mass is 10.4. The third kappa shape index (κ3) is 1.20. The minimum Gasteiger partial charge on any atom is -0.504 e. The molecule has 0 atom stereocenters. The molecule has 0 aliphatic heterocycles. The van der Waals surface area contributed by atoms with E-state index in [9.17, 15) is 9.90 Å². The molecular formula is C7H5N3O4. The Morgan fingerprint density at radius 2 is 2.36 bits per heavy atom. The number of rotatable bonds is 2. The molecule has 2 aromatic rings. The molecule has 0 aliphatic rings. The van der Waals surface area contributed by atoms with E-state index < -0.39 is 17.4 Å². The molecule has 0 aromatic carbocycles. The first-order valence-electron chi connectivity index (χ1n) is 3.61. The molecule has 0 bridgehead atoms. The molecule has 72 valence electrons. The summed E-state index contributed by atoms with van der Waals surface area (Å²) in [5, 5.41) is 24.9. The Labute approximate surface area is 77.2 Å². The topological polar surface area (TPSA) is 101 Å². The Bertz CT molecular complexity index is 459. The van der Waals surface area contributed by atoms with Crippen LogP contribution in [-0.4, -0.2) is 31.1 Å². The summed E-state index contributed by atoms with van der Waals surface area (Å²) in [7, 11) is 0. The number of carboxylic acid groups (broad SMARTS) is 1. The van der Waals surface area contributed by atoms with Gasteiger partial charge in [-0.15, -0.1) is 0 Å². The predicted octanol–water partition coefficient (Wildman–Crippen LogP) is 0.264. The average Bonchev–Trinajstić information content (AvgIpc) is 2.70. The molecule has 7 heteroatoms. The van der Waals surface area contributed by atoms with E-state index in [0.29, 0.717) is 5.82 Å². The second kappa shape index (κ2) is 2.87. The largest absolute Gasteiger partial charge is 0.504 e. The SMILES string of the molecule is O=C(O)c1nn(-c2ccon2)cc1O. The van der Waals surface area contributed by atoms with E-state index in [1.807, 2.05) is 0 Å². The summed E-state index contributed by atoms with van der Waals surface area (Å²) >= 11 is 0. The van der Waals surface area contributed by atoms with Crippen molar-refractivity contribution >= 4 is 5.97 Å². The van der Waals surface area contributed by atoms with E-state index in [1.165, 1.54) is 12.3 Å². The first kappa shape index (κ1) is 8.30. The van der Waals surface area contributed by atoms with Gasteiger partial charge in [0.2, 0.25) is 5.69 Å². The van der Waals surface area contributed by atoms with E-state index in [2.05, 4.69) is 14.8 Å². The normalized spacial score (nSPS) is 10.3. The fourth-order valence-electron chi connectivity index (χ4n) is 0.959. The van der Waals surface area contributed by atoms with Crippen LogP contribution in [0.3, 0.4) is 0 Å². The zero-order valence-corrected chi connectivity index (χ0v) is 6.78. The number of nitrogens with zero attached hydrogens (tertiary/aromatic N) is 3. The van der Waals surface area contributed by atoms with Gasteiger partial charge in [-0.25, -0.2) is 9.48 Å². The molecule has 0 fully saturated rings. The van der Waals surface area contributed by atoms with Crippen molar-refractivity contribution in [3.63, 3.8) is 0 Å². The van der Waals surface area contributed by atoms with Crippen LogP contribution in [0.4, 0.5) is 0 Å². The molecule has 2 N–H and O–H groups in total. The Morgan fingerprint density at radius 1 is 1.57 bits per heavy atom. The van der Waals surface area contributed by atoms with Crippen molar-refractivity contribution in [3.8, 4) is 11.6 Å². The highest BCUT2D eigenvalue weighted by Crippen LogP contribution is 2.16. The van der Waals surface area contributed by atoms with Gasteiger partial charge >= 0.3 is 5.97 Å². The van der Waals surface area contributed by atoms with E-state index >= 15 is 0 Å². The van der Waals surface area contributed by atoms with Crippen LogP contribution in [0.1, 0.15) is 10.5 Å². The van der Waals surface area contributed by atoms with Gasteiger partial charge < -0.3 is 14.7 Å². The fraction of sp³-hybridized carbons (Fsp3) is 0. The fourth-order valence-corrected chi connectivity index (χ4v) is 0.959. The molecule has 7 nitrogen and oxygen atoms in total. The van der Waals surface area contributed by atoms with Crippen LogP contribution in [0.5, 0.6) is 5.75 Å². The summed E-state index contributed by atoms with van der Waals surface area (Å²) in [5.41, 5.74) is -0.423. The predicted molar refractivity (Wildman–Crippen MR) is 42.2 cm³/mol. The van der Waals surface area contributed by atoms with Crippen molar-refractivity contribution in [2.45, 2.75) is 0 Å². The van der Waals surface area contributed by atoms with E-state index in [4.69, 9.17) is 5.11 Å². The van der Waals surface area contributed by atoms with Crippen LogP contribution in [0.15, 0.2) is 23.0 Å². The quantitative estimate of drug-likeness (QED) is 0.712. The van der Waals surface area contributed by atoms with Crippen molar-refractivity contribution in [1.82, 2.24) is 14.9 Å². The summed E-state index contributed by atoms with van der Waals surface area (Å²) in [4.78, 5) is 10.5. The molecule has 0 radical (unpaired) electrons. The lowest BCUT2D eigenvalue weighted by molar-refractivity contribution is 0.0687. The van der Waals surface area contributed by atoms with Gasteiger partial charge in [-0.2, -0.15) is 5.10 Å². The number of carbonyl (C=O) groups is 1. The zero-order chi connectivity index (χ0) is 10.1. The summed E-state index contributed by atoms with van der Waals surface area (Å²) in [5.74, 6) is -1.42. The van der Waals surface area contributed by atoms with Crippen molar-refractivity contribution in [2.24, 2.45) is 0 Å². The molecule has 2 rings (SSSR count). The minimum absolute atomic E-state index is 0.299.